The van der Waals surface area contributed by atoms with Crippen molar-refractivity contribution >= 4 is 11.7 Å². The molecular weight excluding hydrogens is 350 g/mol. The molecular formula is C10H6F6N6O2. The molecule has 0 bridgehead atoms. The van der Waals surface area contributed by atoms with E-state index in [2.05, 4.69) is 24.8 Å². The molecule has 2 N–H and O–H groups in total. The lowest BCUT2D eigenvalue weighted by atomic mass is 10.2. The van der Waals surface area contributed by atoms with Gasteiger partial charge in [-0.15, -0.1) is 0 Å². The Labute approximate surface area is 128 Å². The van der Waals surface area contributed by atoms with Crippen molar-refractivity contribution in [3.63, 3.8) is 0 Å². The smallest absolute Gasteiger partial charge is 0.400 e. The van der Waals surface area contributed by atoms with Gasteiger partial charge in [0, 0.05) is 0 Å². The Balaban J connectivity index is 2.28. The fourth-order valence-corrected chi connectivity index (χ4v) is 1.42. The number of carbonyl (C=O) groups is 1. The van der Waals surface area contributed by atoms with Gasteiger partial charge in [0.1, 0.15) is 24.7 Å². The van der Waals surface area contributed by atoms with Crippen molar-refractivity contribution in [2.75, 3.05) is 5.73 Å². The third-order valence-electron chi connectivity index (χ3n) is 2.53. The third kappa shape index (κ3) is 3.21. The van der Waals surface area contributed by atoms with Crippen molar-refractivity contribution in [2.45, 2.75) is 18.3 Å². The largest absolute Gasteiger partial charge is 0.426 e. The standard InChI is InChI=1S/C10H6F6N6O2/c11-7(10(14,15)16)9(12,13)8(23)24-6-4(17)5(19-2-20-6)22-3-18-1-21-22/h1-3,7H,17H2. The Hall–Kier alpha value is -2.93. The van der Waals surface area contributed by atoms with E-state index in [-0.39, 0.29) is 5.82 Å². The minimum absolute atomic E-state index is 0.249. The molecule has 2 rings (SSSR count). The first-order valence-corrected chi connectivity index (χ1v) is 5.81. The lowest BCUT2D eigenvalue weighted by Crippen LogP contribution is -2.49. The van der Waals surface area contributed by atoms with Crippen LogP contribution in [0.2, 0.25) is 0 Å². The summed E-state index contributed by atoms with van der Waals surface area (Å²) < 4.78 is 80.3. The van der Waals surface area contributed by atoms with Crippen LogP contribution in [0.3, 0.4) is 0 Å². The molecule has 0 aliphatic carbocycles. The van der Waals surface area contributed by atoms with Gasteiger partial charge in [-0.3, -0.25) is 0 Å². The minimum atomic E-state index is -5.97. The van der Waals surface area contributed by atoms with Gasteiger partial charge in [-0.25, -0.2) is 23.8 Å². The van der Waals surface area contributed by atoms with E-state index in [4.69, 9.17) is 5.73 Å². The van der Waals surface area contributed by atoms with E-state index in [0.29, 0.717) is 6.33 Å². The monoisotopic (exact) mass is 356 g/mol. The van der Waals surface area contributed by atoms with E-state index >= 15 is 0 Å². The lowest BCUT2D eigenvalue weighted by Gasteiger charge is -2.20. The maximum absolute atomic E-state index is 13.2. The maximum Gasteiger partial charge on any atom is 0.426 e. The van der Waals surface area contributed by atoms with Crippen molar-refractivity contribution in [2.24, 2.45) is 0 Å². The number of aromatic nitrogens is 5. The molecule has 14 heteroatoms. The van der Waals surface area contributed by atoms with Crippen LogP contribution >= 0.6 is 0 Å². The molecule has 1 unspecified atom stereocenters. The molecule has 0 aromatic carbocycles. The highest BCUT2D eigenvalue weighted by atomic mass is 19.4. The Morgan fingerprint density at radius 2 is 1.88 bits per heavy atom. The van der Waals surface area contributed by atoms with E-state index in [1.165, 1.54) is 0 Å². The van der Waals surface area contributed by atoms with Crippen molar-refractivity contribution < 1.29 is 35.9 Å². The van der Waals surface area contributed by atoms with E-state index in [0.717, 1.165) is 17.3 Å². The molecule has 0 radical (unpaired) electrons. The van der Waals surface area contributed by atoms with Crippen molar-refractivity contribution in [3.8, 4) is 11.7 Å². The summed E-state index contributed by atoms with van der Waals surface area (Å²) in [6, 6.07) is 0. The molecule has 130 valence electrons. The van der Waals surface area contributed by atoms with E-state index in [1.54, 1.807) is 0 Å². The normalized spacial score (nSPS) is 13.6. The van der Waals surface area contributed by atoms with Gasteiger partial charge in [-0.05, 0) is 0 Å². The van der Waals surface area contributed by atoms with Crippen LogP contribution < -0.4 is 10.5 Å². The molecule has 2 heterocycles. The van der Waals surface area contributed by atoms with Crippen molar-refractivity contribution in [3.05, 3.63) is 19.0 Å². The Morgan fingerprint density at radius 3 is 2.42 bits per heavy atom. The predicted molar refractivity (Wildman–Crippen MR) is 62.9 cm³/mol. The highest BCUT2D eigenvalue weighted by Crippen LogP contribution is 2.36. The summed E-state index contributed by atoms with van der Waals surface area (Å²) >= 11 is 0. The van der Waals surface area contributed by atoms with Gasteiger partial charge < -0.3 is 10.5 Å². The lowest BCUT2D eigenvalue weighted by molar-refractivity contribution is -0.245. The number of ether oxygens (including phenoxy) is 1. The molecule has 0 spiro atoms. The van der Waals surface area contributed by atoms with Gasteiger partial charge in [0.25, 0.3) is 12.1 Å². The molecule has 2 aromatic heterocycles. The van der Waals surface area contributed by atoms with Gasteiger partial charge >= 0.3 is 18.1 Å². The van der Waals surface area contributed by atoms with Crippen LogP contribution in [-0.4, -0.2) is 49.0 Å². The molecule has 24 heavy (non-hydrogen) atoms. The molecule has 0 saturated carbocycles. The van der Waals surface area contributed by atoms with Gasteiger partial charge in [0.05, 0.1) is 0 Å². The van der Waals surface area contributed by atoms with E-state index < -0.39 is 35.8 Å². The topological polar surface area (TPSA) is 109 Å². The fourth-order valence-electron chi connectivity index (χ4n) is 1.42. The van der Waals surface area contributed by atoms with Gasteiger partial charge in [-0.1, -0.05) is 0 Å². The zero-order valence-electron chi connectivity index (χ0n) is 11.2. The number of anilines is 1. The van der Waals surface area contributed by atoms with Crippen LogP contribution in [-0.2, 0) is 4.79 Å². The number of rotatable bonds is 4. The molecule has 1 atom stereocenters. The van der Waals surface area contributed by atoms with Gasteiger partial charge in [0.15, 0.2) is 5.82 Å². The summed E-state index contributed by atoms with van der Waals surface area (Å²) in [6.07, 6.45) is -7.84. The Morgan fingerprint density at radius 1 is 1.21 bits per heavy atom. The van der Waals surface area contributed by atoms with Gasteiger partial charge in [-0.2, -0.15) is 32.0 Å². The molecule has 8 nitrogen and oxygen atoms in total. The molecule has 0 amide bonds. The predicted octanol–water partition coefficient (Wildman–Crippen LogP) is 1.08. The number of nitrogens with two attached hydrogens (primary N) is 1. The fraction of sp³-hybridized carbons (Fsp3) is 0.300. The first-order chi connectivity index (χ1) is 11.0. The van der Waals surface area contributed by atoms with E-state index in [9.17, 15) is 31.1 Å². The average molecular weight is 356 g/mol. The van der Waals surface area contributed by atoms with Crippen LogP contribution in [0.4, 0.5) is 32.0 Å². The van der Waals surface area contributed by atoms with Crippen LogP contribution in [0, 0.1) is 0 Å². The molecule has 0 aliphatic heterocycles. The zero-order chi connectivity index (χ0) is 18.1. The second-order valence-electron chi connectivity index (χ2n) is 4.17. The third-order valence-corrected chi connectivity index (χ3v) is 2.53. The number of halogens is 6. The maximum atomic E-state index is 13.2. The van der Waals surface area contributed by atoms with Crippen LogP contribution in [0.25, 0.3) is 5.82 Å². The van der Waals surface area contributed by atoms with Crippen LogP contribution in [0.1, 0.15) is 0 Å². The first kappa shape index (κ1) is 17.4. The summed E-state index contributed by atoms with van der Waals surface area (Å²) in [5, 5.41) is 3.61. The van der Waals surface area contributed by atoms with Crippen molar-refractivity contribution in [1.82, 2.24) is 24.7 Å². The highest BCUT2D eigenvalue weighted by molar-refractivity contribution is 5.82. The van der Waals surface area contributed by atoms with Crippen LogP contribution in [0.5, 0.6) is 5.88 Å². The number of esters is 1. The molecule has 0 saturated heterocycles. The van der Waals surface area contributed by atoms with Crippen LogP contribution in [0.15, 0.2) is 19.0 Å². The number of nitrogen functional groups attached to an aromatic ring is 1. The summed E-state index contributed by atoms with van der Waals surface area (Å²) in [4.78, 5) is 21.6. The van der Waals surface area contributed by atoms with Gasteiger partial charge in [0.2, 0.25) is 0 Å². The van der Waals surface area contributed by atoms with Crippen molar-refractivity contribution in [1.29, 1.82) is 0 Å². The average Bonchev–Trinajstić information content (AvgIpc) is 3.01. The Bertz CT molecular complexity index is 734. The highest BCUT2D eigenvalue weighted by Gasteiger charge is 2.62. The number of hydrogen-bond acceptors (Lipinski definition) is 7. The number of nitrogens with zero attached hydrogens (tertiary/aromatic N) is 5. The SMILES string of the molecule is Nc1c(OC(=O)C(F)(F)C(F)C(F)(F)F)ncnc1-n1cncn1. The summed E-state index contributed by atoms with van der Waals surface area (Å²) in [7, 11) is 0. The Kier molecular flexibility index (Phi) is 4.31. The van der Waals surface area contributed by atoms with E-state index in [1.807, 2.05) is 0 Å². The number of carbonyl (C=O) groups excluding carboxylic acids is 1. The second kappa shape index (κ2) is 5.93. The second-order valence-corrected chi connectivity index (χ2v) is 4.17. The summed E-state index contributed by atoms with van der Waals surface area (Å²) in [6.45, 7) is 0. The summed E-state index contributed by atoms with van der Waals surface area (Å²) in [5.41, 5.74) is 4.87. The zero-order valence-corrected chi connectivity index (χ0v) is 11.2. The summed E-state index contributed by atoms with van der Waals surface area (Å²) in [5.74, 6) is -9.55. The number of alkyl halides is 6. The minimum Gasteiger partial charge on any atom is -0.400 e. The molecule has 2 aromatic rings. The first-order valence-electron chi connectivity index (χ1n) is 5.81. The molecule has 0 aliphatic rings. The molecule has 0 fully saturated rings. The quantitative estimate of drug-likeness (QED) is 0.645. The number of hydrogen-bond donors (Lipinski definition) is 1.